The van der Waals surface area contributed by atoms with Crippen molar-refractivity contribution in [2.45, 2.75) is 39.0 Å². The van der Waals surface area contributed by atoms with Crippen LogP contribution in [0.5, 0.6) is 0 Å². The summed E-state index contributed by atoms with van der Waals surface area (Å²) < 4.78 is 40.0. The largest absolute Gasteiger partial charge is 0.340 e. The third-order valence-electron chi connectivity index (χ3n) is 4.04. The van der Waals surface area contributed by atoms with Crippen LogP contribution >= 0.6 is 0 Å². The van der Waals surface area contributed by atoms with Gasteiger partial charge in [-0.15, -0.1) is 0 Å². The van der Waals surface area contributed by atoms with Gasteiger partial charge >= 0.3 is 0 Å². The maximum absolute atomic E-state index is 13.4. The Morgan fingerprint density at radius 1 is 1.17 bits per heavy atom. The molecule has 1 fully saturated rings. The molecule has 1 aliphatic heterocycles. The molecule has 0 unspecified atom stereocenters. The van der Waals surface area contributed by atoms with Crippen LogP contribution in [-0.2, 0) is 14.8 Å². The van der Waals surface area contributed by atoms with Gasteiger partial charge in [0.1, 0.15) is 5.82 Å². The molecule has 134 valence electrons. The van der Waals surface area contributed by atoms with Crippen LogP contribution in [0, 0.1) is 18.2 Å². The second-order valence-corrected chi connectivity index (χ2v) is 9.37. The molecule has 0 aliphatic carbocycles. The van der Waals surface area contributed by atoms with Gasteiger partial charge in [-0.3, -0.25) is 4.79 Å². The number of hydrogen-bond acceptors (Lipinski definition) is 3. The molecule has 1 heterocycles. The van der Waals surface area contributed by atoms with Gasteiger partial charge in [0.05, 0.1) is 4.90 Å². The fourth-order valence-electron chi connectivity index (χ4n) is 2.67. The van der Waals surface area contributed by atoms with Crippen LogP contribution in [0.3, 0.4) is 0 Å². The van der Waals surface area contributed by atoms with Crippen molar-refractivity contribution < 1.29 is 17.6 Å². The first kappa shape index (κ1) is 18.9. The predicted octanol–water partition coefficient (Wildman–Crippen LogP) is 2.40. The van der Waals surface area contributed by atoms with Crippen molar-refractivity contribution >= 4 is 15.9 Å². The van der Waals surface area contributed by atoms with Crippen LogP contribution in [0.15, 0.2) is 23.1 Å². The summed E-state index contributed by atoms with van der Waals surface area (Å²) in [6.07, 6.45) is 0.441. The third kappa shape index (κ3) is 4.33. The van der Waals surface area contributed by atoms with Gasteiger partial charge in [-0.2, -0.15) is 4.31 Å². The Morgan fingerprint density at radius 2 is 1.75 bits per heavy atom. The Hall–Kier alpha value is -1.47. The number of halogens is 1. The number of rotatable bonds is 3. The fraction of sp³-hybridized carbons (Fsp3) is 0.588. The molecule has 1 aromatic carbocycles. The van der Waals surface area contributed by atoms with Gasteiger partial charge < -0.3 is 4.90 Å². The van der Waals surface area contributed by atoms with E-state index in [1.54, 1.807) is 4.90 Å². The smallest absolute Gasteiger partial charge is 0.243 e. The zero-order valence-corrected chi connectivity index (χ0v) is 15.5. The first-order valence-electron chi connectivity index (χ1n) is 8.05. The number of piperazine rings is 1. The van der Waals surface area contributed by atoms with E-state index in [0.29, 0.717) is 25.1 Å². The fourth-order valence-corrected chi connectivity index (χ4v) is 4.18. The van der Waals surface area contributed by atoms with E-state index in [4.69, 9.17) is 0 Å². The van der Waals surface area contributed by atoms with Gasteiger partial charge in [0.25, 0.3) is 0 Å². The highest BCUT2D eigenvalue weighted by molar-refractivity contribution is 7.89. The highest BCUT2D eigenvalue weighted by atomic mass is 32.2. The third-order valence-corrected chi connectivity index (χ3v) is 5.93. The number of carbonyl (C=O) groups excluding carboxylic acids is 1. The standard InChI is InChI=1S/C17H25FN2O3S/c1-13-11-14(5-6-15(13)18)24(22,23)20-9-7-19(8-10-20)16(21)12-17(2,3)4/h5-6,11H,7-10,12H2,1-4H3. The maximum atomic E-state index is 13.4. The minimum Gasteiger partial charge on any atom is -0.340 e. The molecule has 0 bridgehead atoms. The highest BCUT2D eigenvalue weighted by Crippen LogP contribution is 2.23. The summed E-state index contributed by atoms with van der Waals surface area (Å²) in [5.74, 6) is -0.372. The molecule has 7 heteroatoms. The lowest BCUT2D eigenvalue weighted by molar-refractivity contribution is -0.134. The summed E-state index contributed by atoms with van der Waals surface area (Å²) in [7, 11) is -3.66. The van der Waals surface area contributed by atoms with E-state index in [9.17, 15) is 17.6 Å². The Labute approximate surface area is 143 Å². The lowest BCUT2D eigenvalue weighted by Crippen LogP contribution is -2.51. The molecule has 1 saturated heterocycles. The van der Waals surface area contributed by atoms with Crippen LogP contribution in [0.1, 0.15) is 32.8 Å². The maximum Gasteiger partial charge on any atom is 0.243 e. The summed E-state index contributed by atoms with van der Waals surface area (Å²) in [5, 5.41) is 0. The summed E-state index contributed by atoms with van der Waals surface area (Å²) in [6, 6.07) is 3.81. The summed E-state index contributed by atoms with van der Waals surface area (Å²) in [4.78, 5) is 14.0. The number of aryl methyl sites for hydroxylation is 1. The molecule has 0 atom stereocenters. The molecule has 0 spiro atoms. The lowest BCUT2D eigenvalue weighted by atomic mass is 9.91. The van der Waals surface area contributed by atoms with Gasteiger partial charge in [0, 0.05) is 32.6 Å². The Morgan fingerprint density at radius 3 is 2.25 bits per heavy atom. The van der Waals surface area contributed by atoms with Crippen LogP contribution in [0.4, 0.5) is 4.39 Å². The molecular formula is C17H25FN2O3S. The monoisotopic (exact) mass is 356 g/mol. The molecule has 0 N–H and O–H groups in total. The van der Waals surface area contributed by atoms with Crippen molar-refractivity contribution in [3.05, 3.63) is 29.6 Å². The van der Waals surface area contributed by atoms with Gasteiger partial charge in [-0.05, 0) is 36.1 Å². The summed E-state index contributed by atoms with van der Waals surface area (Å²) in [5.41, 5.74) is 0.210. The average Bonchev–Trinajstić information content (AvgIpc) is 2.48. The second kappa shape index (κ2) is 6.80. The van der Waals surface area contributed by atoms with Crippen molar-refractivity contribution in [2.75, 3.05) is 26.2 Å². The van der Waals surface area contributed by atoms with Crippen LogP contribution in [0.2, 0.25) is 0 Å². The number of benzene rings is 1. The minimum atomic E-state index is -3.66. The molecule has 5 nitrogen and oxygen atoms in total. The molecule has 24 heavy (non-hydrogen) atoms. The van der Waals surface area contributed by atoms with Gasteiger partial charge in [-0.1, -0.05) is 20.8 Å². The normalized spacial score (nSPS) is 17.1. The molecule has 0 saturated carbocycles. The molecule has 1 amide bonds. The molecule has 1 aromatic rings. The summed E-state index contributed by atoms with van der Waals surface area (Å²) >= 11 is 0. The Bertz CT molecular complexity index is 718. The van der Waals surface area contributed by atoms with Crippen molar-refractivity contribution in [1.82, 2.24) is 9.21 Å². The molecule has 0 aromatic heterocycles. The van der Waals surface area contributed by atoms with E-state index >= 15 is 0 Å². The zero-order valence-electron chi connectivity index (χ0n) is 14.7. The van der Waals surface area contributed by atoms with Gasteiger partial charge in [-0.25, -0.2) is 12.8 Å². The second-order valence-electron chi connectivity index (χ2n) is 7.43. The Balaban J connectivity index is 2.05. The predicted molar refractivity (Wildman–Crippen MR) is 90.5 cm³/mol. The number of amides is 1. The average molecular weight is 356 g/mol. The van der Waals surface area contributed by atoms with Gasteiger partial charge in [0.15, 0.2) is 0 Å². The van der Waals surface area contributed by atoms with Crippen LogP contribution in [-0.4, -0.2) is 49.7 Å². The SMILES string of the molecule is Cc1cc(S(=O)(=O)N2CCN(C(=O)CC(C)(C)C)CC2)ccc1F. The van der Waals surface area contributed by atoms with E-state index in [2.05, 4.69) is 0 Å². The number of sulfonamides is 1. The van der Waals surface area contributed by atoms with Gasteiger partial charge in [0.2, 0.25) is 15.9 Å². The number of nitrogens with zero attached hydrogens (tertiary/aromatic N) is 2. The van der Waals surface area contributed by atoms with Crippen molar-refractivity contribution in [3.8, 4) is 0 Å². The minimum absolute atomic E-state index is 0.0529. The van der Waals surface area contributed by atoms with E-state index in [0.717, 1.165) is 0 Å². The zero-order chi connectivity index (χ0) is 18.1. The van der Waals surface area contributed by atoms with E-state index in [1.165, 1.54) is 29.4 Å². The first-order chi connectivity index (χ1) is 11.0. The Kier molecular flexibility index (Phi) is 5.34. The number of carbonyl (C=O) groups is 1. The first-order valence-corrected chi connectivity index (χ1v) is 9.49. The van der Waals surface area contributed by atoms with Crippen molar-refractivity contribution in [2.24, 2.45) is 5.41 Å². The molecule has 2 rings (SSSR count). The topological polar surface area (TPSA) is 57.7 Å². The van der Waals surface area contributed by atoms with Crippen molar-refractivity contribution in [1.29, 1.82) is 0 Å². The van der Waals surface area contributed by atoms with E-state index in [1.807, 2.05) is 20.8 Å². The lowest BCUT2D eigenvalue weighted by Gasteiger charge is -2.35. The van der Waals surface area contributed by atoms with Crippen LogP contribution < -0.4 is 0 Å². The van der Waals surface area contributed by atoms with Crippen molar-refractivity contribution in [3.63, 3.8) is 0 Å². The summed E-state index contributed by atoms with van der Waals surface area (Å²) in [6.45, 7) is 8.83. The van der Waals surface area contributed by atoms with E-state index < -0.39 is 15.8 Å². The number of hydrogen-bond donors (Lipinski definition) is 0. The molecular weight excluding hydrogens is 331 g/mol. The molecule has 1 aliphatic rings. The van der Waals surface area contributed by atoms with E-state index in [-0.39, 0.29) is 29.3 Å². The molecule has 0 radical (unpaired) electrons. The quantitative estimate of drug-likeness (QED) is 0.836. The van der Waals surface area contributed by atoms with Crippen LogP contribution in [0.25, 0.3) is 0 Å². The highest BCUT2D eigenvalue weighted by Gasteiger charge is 2.31.